The Kier molecular flexibility index (Phi) is 5.44. The summed E-state index contributed by atoms with van der Waals surface area (Å²) in [6, 6.07) is 13.3. The lowest BCUT2D eigenvalue weighted by Crippen LogP contribution is -2.36. The van der Waals surface area contributed by atoms with Crippen LogP contribution in [-0.2, 0) is 23.0 Å². The number of rotatable bonds is 4. The average molecular weight is 451 g/mol. The van der Waals surface area contributed by atoms with Gasteiger partial charge in [0.2, 0.25) is 10.0 Å². The second-order valence-electron chi connectivity index (χ2n) is 6.53. The Labute approximate surface area is 176 Å². The Morgan fingerprint density at radius 3 is 2.66 bits per heavy atom. The fraction of sp³-hybridized carbons (Fsp3) is 0.150. The van der Waals surface area contributed by atoms with Crippen molar-refractivity contribution in [3.05, 3.63) is 80.8 Å². The highest BCUT2D eigenvalue weighted by molar-refractivity contribution is 7.89. The van der Waals surface area contributed by atoms with E-state index in [1.807, 2.05) is 24.3 Å². The van der Waals surface area contributed by atoms with Crippen LogP contribution in [0.15, 0.2) is 58.8 Å². The first kappa shape index (κ1) is 20.0. The van der Waals surface area contributed by atoms with Crippen molar-refractivity contribution in [3.8, 4) is 0 Å². The maximum Gasteiger partial charge on any atom is 0.267 e. The number of thiophene rings is 1. The molecule has 5 nitrogen and oxygen atoms in total. The Morgan fingerprint density at radius 1 is 1.10 bits per heavy atom. The molecule has 0 saturated carbocycles. The second-order valence-corrected chi connectivity index (χ2v) is 9.76. The van der Waals surface area contributed by atoms with Gasteiger partial charge in [-0.3, -0.25) is 4.79 Å². The molecule has 3 aromatic rings. The van der Waals surface area contributed by atoms with Crippen molar-refractivity contribution in [3.63, 3.8) is 0 Å². The smallest absolute Gasteiger partial charge is 0.267 e. The Hall–Kier alpha value is -2.26. The fourth-order valence-electron chi connectivity index (χ4n) is 3.26. The van der Waals surface area contributed by atoms with Gasteiger partial charge in [-0.25, -0.2) is 12.8 Å². The molecule has 29 heavy (non-hydrogen) atoms. The first-order valence-corrected chi connectivity index (χ1v) is 11.5. The van der Waals surface area contributed by atoms with Gasteiger partial charge in [0.1, 0.15) is 9.77 Å². The predicted octanol–water partition coefficient (Wildman–Crippen LogP) is 4.54. The first-order chi connectivity index (χ1) is 13.9. The SMILES string of the molecule is O=C(Nc1cccc(Cl)c1F)c1sccc1S(=O)(=O)N1CCc2ccccc2C1. The molecule has 1 amide bonds. The van der Waals surface area contributed by atoms with Crippen LogP contribution in [0, 0.1) is 5.82 Å². The van der Waals surface area contributed by atoms with E-state index in [-0.39, 0.29) is 27.0 Å². The molecule has 0 radical (unpaired) electrons. The number of halogens is 2. The largest absolute Gasteiger partial charge is 0.319 e. The zero-order chi connectivity index (χ0) is 20.6. The minimum absolute atomic E-state index is 0.00299. The van der Waals surface area contributed by atoms with E-state index in [0.717, 1.165) is 22.5 Å². The van der Waals surface area contributed by atoms with Gasteiger partial charge in [-0.05, 0) is 41.1 Å². The number of benzene rings is 2. The summed E-state index contributed by atoms with van der Waals surface area (Å²) in [7, 11) is -3.88. The minimum atomic E-state index is -3.88. The van der Waals surface area contributed by atoms with Crippen LogP contribution in [0.25, 0.3) is 0 Å². The molecule has 9 heteroatoms. The van der Waals surface area contributed by atoms with E-state index in [1.165, 1.54) is 34.0 Å². The molecule has 150 valence electrons. The Balaban J connectivity index is 1.61. The molecule has 1 aromatic heterocycles. The van der Waals surface area contributed by atoms with Gasteiger partial charge in [0.15, 0.2) is 5.82 Å². The lowest BCUT2D eigenvalue weighted by molar-refractivity contribution is 0.102. The number of amides is 1. The molecule has 1 aliphatic rings. The molecule has 0 bridgehead atoms. The summed E-state index contributed by atoms with van der Waals surface area (Å²) >= 11 is 6.73. The zero-order valence-corrected chi connectivity index (χ0v) is 17.5. The van der Waals surface area contributed by atoms with E-state index in [2.05, 4.69) is 5.32 Å². The first-order valence-electron chi connectivity index (χ1n) is 8.77. The van der Waals surface area contributed by atoms with Gasteiger partial charge in [0.05, 0.1) is 10.7 Å². The number of hydrogen-bond acceptors (Lipinski definition) is 4. The number of nitrogens with one attached hydrogen (secondary N) is 1. The van der Waals surface area contributed by atoms with E-state index in [0.29, 0.717) is 13.0 Å². The zero-order valence-electron chi connectivity index (χ0n) is 15.1. The number of anilines is 1. The van der Waals surface area contributed by atoms with Gasteiger partial charge < -0.3 is 5.32 Å². The lowest BCUT2D eigenvalue weighted by Gasteiger charge is -2.28. The van der Waals surface area contributed by atoms with Crippen molar-refractivity contribution < 1.29 is 17.6 Å². The van der Waals surface area contributed by atoms with Crippen LogP contribution in [0.5, 0.6) is 0 Å². The van der Waals surface area contributed by atoms with Gasteiger partial charge in [-0.1, -0.05) is 41.9 Å². The molecule has 0 unspecified atom stereocenters. The molecule has 0 aliphatic carbocycles. The van der Waals surface area contributed by atoms with Gasteiger partial charge in [-0.2, -0.15) is 4.31 Å². The van der Waals surface area contributed by atoms with Gasteiger partial charge >= 0.3 is 0 Å². The normalized spacial score (nSPS) is 14.4. The molecule has 0 spiro atoms. The number of carbonyl (C=O) groups excluding carboxylic acids is 1. The maximum absolute atomic E-state index is 14.1. The number of fused-ring (bicyclic) bond motifs is 1. The molecular formula is C20H16ClFN2O3S2. The minimum Gasteiger partial charge on any atom is -0.319 e. The molecule has 2 heterocycles. The van der Waals surface area contributed by atoms with E-state index >= 15 is 0 Å². The second kappa shape index (κ2) is 7.87. The quantitative estimate of drug-likeness (QED) is 0.634. The van der Waals surface area contributed by atoms with Crippen molar-refractivity contribution in [1.29, 1.82) is 0 Å². The molecule has 0 atom stereocenters. The van der Waals surface area contributed by atoms with Gasteiger partial charge in [-0.15, -0.1) is 11.3 Å². The van der Waals surface area contributed by atoms with Crippen LogP contribution in [-0.4, -0.2) is 25.2 Å². The molecule has 1 N–H and O–H groups in total. The van der Waals surface area contributed by atoms with Crippen LogP contribution >= 0.6 is 22.9 Å². The van der Waals surface area contributed by atoms with Crippen LogP contribution in [0.4, 0.5) is 10.1 Å². The number of nitrogens with zero attached hydrogens (tertiary/aromatic N) is 1. The summed E-state index contributed by atoms with van der Waals surface area (Å²) in [5.74, 6) is -1.46. The van der Waals surface area contributed by atoms with Gasteiger partial charge in [0, 0.05) is 13.1 Å². The summed E-state index contributed by atoms with van der Waals surface area (Å²) in [4.78, 5) is 12.6. The van der Waals surface area contributed by atoms with E-state index < -0.39 is 21.7 Å². The number of sulfonamides is 1. The van der Waals surface area contributed by atoms with Crippen molar-refractivity contribution in [2.24, 2.45) is 0 Å². The van der Waals surface area contributed by atoms with Crippen LogP contribution in [0.3, 0.4) is 0 Å². The lowest BCUT2D eigenvalue weighted by atomic mass is 10.0. The standard InChI is InChI=1S/C20H16ClFN2O3S2/c21-15-6-3-7-16(18(15)22)23-20(25)19-17(9-11-28-19)29(26,27)24-10-8-13-4-1-2-5-14(13)12-24/h1-7,9,11H,8,10,12H2,(H,23,25). The third-order valence-electron chi connectivity index (χ3n) is 4.75. The third-order valence-corrected chi connectivity index (χ3v) is 7.97. The molecule has 2 aromatic carbocycles. The van der Waals surface area contributed by atoms with Crippen molar-refractivity contribution in [1.82, 2.24) is 4.31 Å². The summed E-state index contributed by atoms with van der Waals surface area (Å²) < 4.78 is 41.9. The third kappa shape index (κ3) is 3.81. The van der Waals surface area contributed by atoms with Crippen LogP contribution in [0.1, 0.15) is 20.8 Å². The van der Waals surface area contributed by atoms with Crippen molar-refractivity contribution in [2.75, 3.05) is 11.9 Å². The Morgan fingerprint density at radius 2 is 1.86 bits per heavy atom. The Bertz CT molecular complexity index is 1190. The van der Waals surface area contributed by atoms with Crippen LogP contribution < -0.4 is 5.32 Å². The van der Waals surface area contributed by atoms with Crippen molar-refractivity contribution >= 4 is 44.6 Å². The molecule has 0 fully saturated rings. The highest BCUT2D eigenvalue weighted by Crippen LogP contribution is 2.30. The monoisotopic (exact) mass is 450 g/mol. The molecule has 4 rings (SSSR count). The number of carbonyl (C=O) groups is 1. The number of hydrogen-bond donors (Lipinski definition) is 1. The van der Waals surface area contributed by atoms with E-state index in [1.54, 1.807) is 0 Å². The maximum atomic E-state index is 14.1. The van der Waals surface area contributed by atoms with E-state index in [9.17, 15) is 17.6 Å². The summed E-state index contributed by atoms with van der Waals surface area (Å²) in [5.41, 5.74) is 1.97. The summed E-state index contributed by atoms with van der Waals surface area (Å²) in [6.45, 7) is 0.581. The topological polar surface area (TPSA) is 66.5 Å². The van der Waals surface area contributed by atoms with Crippen LogP contribution in [0.2, 0.25) is 5.02 Å². The average Bonchev–Trinajstić information content (AvgIpc) is 3.22. The highest BCUT2D eigenvalue weighted by Gasteiger charge is 2.32. The molecule has 0 saturated heterocycles. The summed E-state index contributed by atoms with van der Waals surface area (Å²) in [6.07, 6.45) is 0.606. The van der Waals surface area contributed by atoms with Crippen molar-refractivity contribution in [2.45, 2.75) is 17.9 Å². The summed E-state index contributed by atoms with van der Waals surface area (Å²) in [5, 5.41) is 3.82. The fourth-order valence-corrected chi connectivity index (χ4v) is 6.15. The molecular weight excluding hydrogens is 435 g/mol. The molecule has 1 aliphatic heterocycles. The van der Waals surface area contributed by atoms with Gasteiger partial charge in [0.25, 0.3) is 5.91 Å². The highest BCUT2D eigenvalue weighted by atomic mass is 35.5. The van der Waals surface area contributed by atoms with E-state index in [4.69, 9.17) is 11.6 Å². The predicted molar refractivity (Wildman–Crippen MR) is 111 cm³/mol.